The molecule has 60 valence electrons. The van der Waals surface area contributed by atoms with Gasteiger partial charge in [0.15, 0.2) is 0 Å². The maximum Gasteiger partial charge on any atom is 0.264 e. The van der Waals surface area contributed by atoms with Crippen LogP contribution in [0, 0.1) is 0 Å². The highest BCUT2D eigenvalue weighted by atomic mass is 28.4. The van der Waals surface area contributed by atoms with Crippen LogP contribution in [0.1, 0.15) is 26.2 Å². The summed E-state index contributed by atoms with van der Waals surface area (Å²) in [7, 11) is -2.39. The Morgan fingerprint density at radius 2 is 2.00 bits per heavy atom. The highest BCUT2D eigenvalue weighted by Gasteiger charge is 2.13. The molecule has 0 heterocycles. The standard InChI is InChI=1S/C8H17FSi/c1-4-5-6-7-8-10(2,3)9/h7-8H,4-6H2,1-3H3. The Balaban J connectivity index is 3.37. The van der Waals surface area contributed by atoms with Crippen LogP contribution in [0.5, 0.6) is 0 Å². The van der Waals surface area contributed by atoms with Gasteiger partial charge in [0.2, 0.25) is 0 Å². The fourth-order valence-electron chi connectivity index (χ4n) is 0.686. The van der Waals surface area contributed by atoms with E-state index in [1.165, 1.54) is 12.8 Å². The molecule has 0 saturated heterocycles. The third-order valence-corrected chi connectivity index (χ3v) is 2.27. The number of allylic oxidation sites excluding steroid dienone is 1. The molecule has 0 bridgehead atoms. The first-order chi connectivity index (χ1) is 4.56. The van der Waals surface area contributed by atoms with Gasteiger partial charge in [-0.1, -0.05) is 31.5 Å². The van der Waals surface area contributed by atoms with Crippen LogP contribution >= 0.6 is 0 Å². The van der Waals surface area contributed by atoms with Crippen molar-refractivity contribution in [1.29, 1.82) is 0 Å². The molecule has 0 aliphatic rings. The lowest BCUT2D eigenvalue weighted by molar-refractivity contribution is 0.805. The maximum atomic E-state index is 12.9. The largest absolute Gasteiger partial charge is 0.309 e. The van der Waals surface area contributed by atoms with Gasteiger partial charge in [0.1, 0.15) is 0 Å². The summed E-state index contributed by atoms with van der Waals surface area (Å²) in [6.07, 6.45) is 5.40. The van der Waals surface area contributed by atoms with Crippen LogP contribution in [-0.4, -0.2) is 8.41 Å². The van der Waals surface area contributed by atoms with E-state index >= 15 is 0 Å². The lowest BCUT2D eigenvalue weighted by Crippen LogP contribution is -2.13. The summed E-state index contributed by atoms with van der Waals surface area (Å²) in [6, 6.07) is 0. The second-order valence-corrected chi connectivity index (χ2v) is 6.57. The van der Waals surface area contributed by atoms with Gasteiger partial charge < -0.3 is 4.11 Å². The van der Waals surface area contributed by atoms with Crippen molar-refractivity contribution in [2.75, 3.05) is 0 Å². The summed E-state index contributed by atoms with van der Waals surface area (Å²) in [6.45, 7) is 5.55. The Morgan fingerprint density at radius 3 is 2.40 bits per heavy atom. The molecule has 0 aliphatic heterocycles. The molecule has 0 radical (unpaired) electrons. The number of halogens is 1. The first kappa shape index (κ1) is 9.89. The number of rotatable bonds is 4. The smallest absolute Gasteiger partial charge is 0.264 e. The predicted octanol–water partition coefficient (Wildman–Crippen LogP) is 3.45. The van der Waals surface area contributed by atoms with Gasteiger partial charge in [0.05, 0.1) is 0 Å². The van der Waals surface area contributed by atoms with Gasteiger partial charge >= 0.3 is 0 Å². The van der Waals surface area contributed by atoms with Gasteiger partial charge in [-0.2, -0.15) is 0 Å². The molecular formula is C8H17FSi. The fourth-order valence-corrected chi connectivity index (χ4v) is 1.41. The van der Waals surface area contributed by atoms with Crippen LogP contribution < -0.4 is 0 Å². The molecule has 0 nitrogen and oxygen atoms in total. The zero-order valence-electron chi connectivity index (χ0n) is 7.15. The van der Waals surface area contributed by atoms with Crippen LogP contribution in [0.25, 0.3) is 0 Å². The van der Waals surface area contributed by atoms with E-state index in [2.05, 4.69) is 6.92 Å². The quantitative estimate of drug-likeness (QED) is 0.336. The zero-order valence-corrected chi connectivity index (χ0v) is 8.15. The molecule has 0 aromatic heterocycles. The Bertz CT molecular complexity index is 102. The van der Waals surface area contributed by atoms with E-state index in [4.69, 9.17) is 0 Å². The van der Waals surface area contributed by atoms with E-state index in [1.807, 2.05) is 6.08 Å². The van der Waals surface area contributed by atoms with Gasteiger partial charge in [-0.15, -0.1) is 0 Å². The topological polar surface area (TPSA) is 0 Å². The summed E-state index contributed by atoms with van der Waals surface area (Å²) in [4.78, 5) is 0. The molecule has 10 heavy (non-hydrogen) atoms. The minimum absolute atomic E-state index is 1.04. The Labute approximate surface area is 64.3 Å². The predicted molar refractivity (Wildman–Crippen MR) is 47.3 cm³/mol. The summed E-state index contributed by atoms with van der Waals surface area (Å²) < 4.78 is 12.9. The van der Waals surface area contributed by atoms with E-state index in [0.29, 0.717) is 0 Å². The first-order valence-electron chi connectivity index (χ1n) is 3.93. The number of unbranched alkanes of at least 4 members (excludes halogenated alkanes) is 2. The van der Waals surface area contributed by atoms with Gasteiger partial charge in [-0.3, -0.25) is 0 Å². The molecule has 0 amide bonds. The van der Waals surface area contributed by atoms with Gasteiger partial charge in [-0.25, -0.2) is 0 Å². The molecule has 0 atom stereocenters. The highest BCUT2D eigenvalue weighted by Crippen LogP contribution is 2.06. The fraction of sp³-hybridized carbons (Fsp3) is 0.750. The second kappa shape index (κ2) is 4.66. The van der Waals surface area contributed by atoms with Crippen molar-refractivity contribution in [2.24, 2.45) is 0 Å². The molecule has 0 spiro atoms. The molecular weight excluding hydrogens is 143 g/mol. The molecule has 2 heteroatoms. The van der Waals surface area contributed by atoms with Crippen molar-refractivity contribution in [2.45, 2.75) is 39.3 Å². The van der Waals surface area contributed by atoms with E-state index in [9.17, 15) is 4.11 Å². The van der Waals surface area contributed by atoms with E-state index in [-0.39, 0.29) is 0 Å². The Kier molecular flexibility index (Phi) is 4.61. The summed E-state index contributed by atoms with van der Waals surface area (Å²) in [5.74, 6) is 0. The van der Waals surface area contributed by atoms with Gasteiger partial charge in [0, 0.05) is 0 Å². The summed E-state index contributed by atoms with van der Waals surface area (Å²) >= 11 is 0. The molecule has 0 aliphatic carbocycles. The SMILES string of the molecule is CCCCC=C[Si](C)(C)F. The van der Waals surface area contributed by atoms with Crippen molar-refractivity contribution in [3.05, 3.63) is 11.8 Å². The minimum Gasteiger partial charge on any atom is -0.309 e. The molecule has 0 rings (SSSR count). The zero-order chi connectivity index (χ0) is 8.04. The van der Waals surface area contributed by atoms with Crippen LogP contribution in [0.2, 0.25) is 13.1 Å². The lowest BCUT2D eigenvalue weighted by atomic mass is 10.2. The van der Waals surface area contributed by atoms with Crippen molar-refractivity contribution in [1.82, 2.24) is 0 Å². The summed E-state index contributed by atoms with van der Waals surface area (Å²) in [5.41, 5.74) is 1.77. The van der Waals surface area contributed by atoms with Crippen LogP contribution in [0.3, 0.4) is 0 Å². The molecule has 0 fully saturated rings. The van der Waals surface area contributed by atoms with Crippen molar-refractivity contribution in [3.8, 4) is 0 Å². The monoisotopic (exact) mass is 160 g/mol. The minimum atomic E-state index is -2.39. The van der Waals surface area contributed by atoms with Gasteiger partial charge in [0.25, 0.3) is 8.41 Å². The van der Waals surface area contributed by atoms with E-state index in [0.717, 1.165) is 6.42 Å². The average Bonchev–Trinajstić information content (AvgIpc) is 1.78. The molecule has 0 aromatic carbocycles. The highest BCUT2D eigenvalue weighted by molar-refractivity contribution is 6.75. The molecule has 0 N–H and O–H groups in total. The Hall–Kier alpha value is -0.113. The summed E-state index contributed by atoms with van der Waals surface area (Å²) in [5, 5.41) is 0. The average molecular weight is 160 g/mol. The van der Waals surface area contributed by atoms with E-state index in [1.54, 1.807) is 18.8 Å². The van der Waals surface area contributed by atoms with Crippen LogP contribution in [0.15, 0.2) is 11.8 Å². The number of hydrogen-bond acceptors (Lipinski definition) is 0. The van der Waals surface area contributed by atoms with Crippen molar-refractivity contribution >= 4 is 8.41 Å². The molecule has 0 aromatic rings. The molecule has 0 unspecified atom stereocenters. The van der Waals surface area contributed by atoms with E-state index < -0.39 is 8.41 Å². The first-order valence-corrected chi connectivity index (χ1v) is 6.88. The third kappa shape index (κ3) is 7.89. The maximum absolute atomic E-state index is 12.9. The van der Waals surface area contributed by atoms with Crippen LogP contribution in [-0.2, 0) is 0 Å². The molecule has 0 saturated carbocycles. The second-order valence-electron chi connectivity index (χ2n) is 3.11. The van der Waals surface area contributed by atoms with Gasteiger partial charge in [-0.05, 0) is 19.5 Å². The Morgan fingerprint density at radius 1 is 1.40 bits per heavy atom. The van der Waals surface area contributed by atoms with Crippen molar-refractivity contribution in [3.63, 3.8) is 0 Å². The third-order valence-electron chi connectivity index (χ3n) is 1.24. The lowest BCUT2D eigenvalue weighted by Gasteiger charge is -2.01. The van der Waals surface area contributed by atoms with Crippen molar-refractivity contribution < 1.29 is 4.11 Å². The normalized spacial score (nSPS) is 12.8. The number of hydrogen-bond donors (Lipinski definition) is 0. The van der Waals surface area contributed by atoms with Crippen LogP contribution in [0.4, 0.5) is 4.11 Å².